The molecule has 0 saturated heterocycles. The summed E-state index contributed by atoms with van der Waals surface area (Å²) in [6, 6.07) is 17.4. The zero-order valence-electron chi connectivity index (χ0n) is 13.3. The van der Waals surface area contributed by atoms with Crippen molar-refractivity contribution in [3.63, 3.8) is 0 Å². The minimum absolute atomic E-state index is 0. The quantitative estimate of drug-likeness (QED) is 0.847. The average Bonchev–Trinajstić information content (AvgIpc) is 2.59. The number of nitrogens with two attached hydrogens (primary N) is 1. The van der Waals surface area contributed by atoms with Gasteiger partial charge >= 0.3 is 0 Å². The fourth-order valence-electron chi connectivity index (χ4n) is 2.37. The number of amides is 1. The van der Waals surface area contributed by atoms with Crippen LogP contribution in [0.15, 0.2) is 54.6 Å². The van der Waals surface area contributed by atoms with E-state index in [2.05, 4.69) is 12.1 Å². The third kappa shape index (κ3) is 5.27. The topological polar surface area (TPSA) is 55.6 Å². The van der Waals surface area contributed by atoms with Gasteiger partial charge in [-0.15, -0.1) is 12.4 Å². The number of nitrogens with zero attached hydrogens (tertiary/aromatic N) is 1. The highest BCUT2D eigenvalue weighted by Crippen LogP contribution is 2.19. The number of rotatable bonds is 7. The van der Waals surface area contributed by atoms with E-state index >= 15 is 0 Å². The molecule has 0 aliphatic heterocycles. The van der Waals surface area contributed by atoms with Crippen LogP contribution >= 0.6 is 12.4 Å². The first kappa shape index (κ1) is 19.0. The normalized spacial score (nSPS) is 9.83. The molecule has 0 unspecified atom stereocenters. The van der Waals surface area contributed by atoms with Gasteiger partial charge in [0.05, 0.1) is 12.7 Å². The van der Waals surface area contributed by atoms with Gasteiger partial charge in [-0.3, -0.25) is 4.79 Å². The van der Waals surface area contributed by atoms with Crippen LogP contribution in [-0.2, 0) is 6.42 Å². The second-order valence-electron chi connectivity index (χ2n) is 5.02. The van der Waals surface area contributed by atoms with E-state index in [1.165, 1.54) is 5.56 Å². The minimum atomic E-state index is -0.0427. The van der Waals surface area contributed by atoms with Gasteiger partial charge in [0, 0.05) is 19.6 Å². The van der Waals surface area contributed by atoms with Gasteiger partial charge in [0.15, 0.2) is 0 Å². The number of hydrogen-bond acceptors (Lipinski definition) is 3. The van der Waals surface area contributed by atoms with Crippen LogP contribution in [-0.4, -0.2) is 37.6 Å². The molecule has 0 atom stereocenters. The molecule has 124 valence electrons. The lowest BCUT2D eigenvalue weighted by Gasteiger charge is -2.23. The van der Waals surface area contributed by atoms with Crippen molar-refractivity contribution in [2.75, 3.05) is 26.7 Å². The van der Waals surface area contributed by atoms with Crippen molar-refractivity contribution in [3.8, 4) is 5.75 Å². The van der Waals surface area contributed by atoms with Crippen molar-refractivity contribution in [1.29, 1.82) is 0 Å². The van der Waals surface area contributed by atoms with Crippen molar-refractivity contribution in [3.05, 3.63) is 65.7 Å². The molecule has 5 heteroatoms. The van der Waals surface area contributed by atoms with Crippen LogP contribution in [0.5, 0.6) is 5.75 Å². The lowest BCUT2D eigenvalue weighted by atomic mass is 10.1. The third-order valence-corrected chi connectivity index (χ3v) is 3.54. The standard InChI is InChI=1S/C18H22N2O2.ClH/c1-22-17-10-6-5-9-16(17)18(21)20(14-12-19)13-11-15-7-3-2-4-8-15;/h2-10H,11-14,19H2,1H3;1H. The molecule has 23 heavy (non-hydrogen) atoms. The molecule has 0 aromatic heterocycles. The summed E-state index contributed by atoms with van der Waals surface area (Å²) in [5.74, 6) is 0.549. The molecular formula is C18H23ClN2O2. The number of carbonyl (C=O) groups excluding carboxylic acids is 1. The SMILES string of the molecule is COc1ccccc1C(=O)N(CCN)CCc1ccccc1.Cl. The molecule has 0 bridgehead atoms. The smallest absolute Gasteiger partial charge is 0.257 e. The van der Waals surface area contributed by atoms with Gasteiger partial charge in [-0.05, 0) is 24.1 Å². The highest BCUT2D eigenvalue weighted by atomic mass is 35.5. The van der Waals surface area contributed by atoms with Gasteiger partial charge in [0.1, 0.15) is 5.75 Å². The van der Waals surface area contributed by atoms with Crippen LogP contribution in [0.25, 0.3) is 0 Å². The molecule has 2 N–H and O–H groups in total. The Balaban J connectivity index is 0.00000264. The summed E-state index contributed by atoms with van der Waals surface area (Å²) >= 11 is 0. The van der Waals surface area contributed by atoms with E-state index in [1.54, 1.807) is 24.1 Å². The summed E-state index contributed by atoms with van der Waals surface area (Å²) < 4.78 is 5.28. The lowest BCUT2D eigenvalue weighted by Crippen LogP contribution is -2.37. The Labute approximate surface area is 143 Å². The zero-order chi connectivity index (χ0) is 15.8. The summed E-state index contributed by atoms with van der Waals surface area (Å²) in [5.41, 5.74) is 7.44. The largest absolute Gasteiger partial charge is 0.496 e. The van der Waals surface area contributed by atoms with Crippen LogP contribution < -0.4 is 10.5 Å². The summed E-state index contributed by atoms with van der Waals surface area (Å²) in [6.45, 7) is 1.61. The van der Waals surface area contributed by atoms with E-state index < -0.39 is 0 Å². The van der Waals surface area contributed by atoms with Crippen molar-refractivity contribution in [2.45, 2.75) is 6.42 Å². The Morgan fingerprint density at radius 3 is 2.35 bits per heavy atom. The average molecular weight is 335 g/mol. The molecule has 0 aliphatic carbocycles. The second kappa shape index (κ2) is 9.87. The van der Waals surface area contributed by atoms with E-state index in [4.69, 9.17) is 10.5 Å². The monoisotopic (exact) mass is 334 g/mol. The molecule has 1 amide bonds. The van der Waals surface area contributed by atoms with E-state index in [1.807, 2.05) is 30.3 Å². The summed E-state index contributed by atoms with van der Waals surface area (Å²) in [5, 5.41) is 0. The maximum absolute atomic E-state index is 12.7. The Morgan fingerprint density at radius 1 is 1.04 bits per heavy atom. The molecule has 0 fully saturated rings. The van der Waals surface area contributed by atoms with Crippen LogP contribution in [0.2, 0.25) is 0 Å². The number of para-hydroxylation sites is 1. The van der Waals surface area contributed by atoms with Crippen LogP contribution in [0.1, 0.15) is 15.9 Å². The molecule has 0 radical (unpaired) electrons. The lowest BCUT2D eigenvalue weighted by molar-refractivity contribution is 0.0758. The first-order valence-corrected chi connectivity index (χ1v) is 7.42. The molecule has 0 spiro atoms. The van der Waals surface area contributed by atoms with Crippen LogP contribution in [0.4, 0.5) is 0 Å². The molecule has 2 aromatic carbocycles. The Kier molecular flexibility index (Phi) is 8.16. The first-order valence-electron chi connectivity index (χ1n) is 7.42. The third-order valence-electron chi connectivity index (χ3n) is 3.54. The number of carbonyl (C=O) groups is 1. The molecule has 0 saturated carbocycles. The fraction of sp³-hybridized carbons (Fsp3) is 0.278. The summed E-state index contributed by atoms with van der Waals surface area (Å²) in [4.78, 5) is 14.5. The van der Waals surface area contributed by atoms with Crippen LogP contribution in [0, 0.1) is 0 Å². The molecule has 2 rings (SSSR count). The number of hydrogen-bond donors (Lipinski definition) is 1. The highest BCUT2D eigenvalue weighted by Gasteiger charge is 2.18. The Hall–Kier alpha value is -2.04. The fourth-order valence-corrected chi connectivity index (χ4v) is 2.37. The molecular weight excluding hydrogens is 312 g/mol. The molecule has 4 nitrogen and oxygen atoms in total. The second-order valence-corrected chi connectivity index (χ2v) is 5.02. The summed E-state index contributed by atoms with van der Waals surface area (Å²) in [7, 11) is 1.57. The molecule has 2 aromatic rings. The van der Waals surface area contributed by atoms with Crippen molar-refractivity contribution in [1.82, 2.24) is 4.90 Å². The van der Waals surface area contributed by atoms with Gasteiger partial charge in [-0.1, -0.05) is 42.5 Å². The van der Waals surface area contributed by atoms with Gasteiger partial charge < -0.3 is 15.4 Å². The zero-order valence-corrected chi connectivity index (χ0v) is 14.1. The van der Waals surface area contributed by atoms with Crippen molar-refractivity contribution in [2.24, 2.45) is 5.73 Å². The number of ether oxygens (including phenoxy) is 1. The number of methoxy groups -OCH3 is 1. The number of benzene rings is 2. The van der Waals surface area contributed by atoms with Gasteiger partial charge in [0.2, 0.25) is 0 Å². The maximum atomic E-state index is 12.7. The Morgan fingerprint density at radius 2 is 1.70 bits per heavy atom. The minimum Gasteiger partial charge on any atom is -0.496 e. The maximum Gasteiger partial charge on any atom is 0.257 e. The molecule has 0 heterocycles. The molecule has 0 aliphatic rings. The summed E-state index contributed by atoms with van der Waals surface area (Å²) in [6.07, 6.45) is 0.807. The van der Waals surface area contributed by atoms with Crippen LogP contribution in [0.3, 0.4) is 0 Å². The van der Waals surface area contributed by atoms with Crippen molar-refractivity contribution >= 4 is 18.3 Å². The van der Waals surface area contributed by atoms with Gasteiger partial charge in [-0.25, -0.2) is 0 Å². The van der Waals surface area contributed by atoms with E-state index in [0.29, 0.717) is 30.9 Å². The van der Waals surface area contributed by atoms with E-state index in [-0.39, 0.29) is 18.3 Å². The first-order chi connectivity index (χ1) is 10.8. The van der Waals surface area contributed by atoms with E-state index in [0.717, 1.165) is 6.42 Å². The predicted octanol–water partition coefficient (Wildman–Crippen LogP) is 2.76. The van der Waals surface area contributed by atoms with E-state index in [9.17, 15) is 4.79 Å². The highest BCUT2D eigenvalue weighted by molar-refractivity contribution is 5.97. The number of halogens is 1. The Bertz CT molecular complexity index is 605. The van der Waals surface area contributed by atoms with Gasteiger partial charge in [-0.2, -0.15) is 0 Å². The predicted molar refractivity (Wildman–Crippen MR) is 95.3 cm³/mol. The van der Waals surface area contributed by atoms with Crippen molar-refractivity contribution < 1.29 is 9.53 Å². The van der Waals surface area contributed by atoms with Gasteiger partial charge in [0.25, 0.3) is 5.91 Å².